The second kappa shape index (κ2) is 8.13. The highest BCUT2D eigenvalue weighted by atomic mass is 32.2. The highest BCUT2D eigenvalue weighted by Crippen LogP contribution is 2.33. The molecule has 1 aliphatic rings. The van der Waals surface area contributed by atoms with Crippen LogP contribution >= 0.6 is 11.8 Å². The highest BCUT2D eigenvalue weighted by molar-refractivity contribution is 8.18. The molecule has 0 radical (unpaired) electrons. The number of ether oxygens (including phenoxy) is 1. The Balaban J connectivity index is 1.79. The van der Waals surface area contributed by atoms with E-state index in [1.807, 2.05) is 0 Å². The maximum Gasteiger partial charge on any atom is 0.335 e. The van der Waals surface area contributed by atoms with Crippen molar-refractivity contribution in [2.45, 2.75) is 6.92 Å². The topological polar surface area (TPSA) is 114 Å². The summed E-state index contributed by atoms with van der Waals surface area (Å²) in [5.41, 5.74) is 0.686. The van der Waals surface area contributed by atoms with Crippen molar-refractivity contribution >= 4 is 40.9 Å². The molecule has 0 spiro atoms. The van der Waals surface area contributed by atoms with Crippen molar-refractivity contribution in [3.63, 3.8) is 0 Å². The predicted octanol–water partition coefficient (Wildman–Crippen LogP) is 3.24. The number of imide groups is 1. The van der Waals surface area contributed by atoms with Gasteiger partial charge in [-0.3, -0.25) is 19.3 Å². The standard InChI is InChI=1S/C19H15NO7S/c1-2-26-16(21)10-20-17(22)15(28-19(20)25)9-13-6-7-14(27-13)11-4-3-5-12(8-11)18(23)24/h3-9H,2,10H2,1H3,(H,23,24)/b15-9-. The van der Waals surface area contributed by atoms with Crippen molar-refractivity contribution in [2.75, 3.05) is 13.2 Å². The monoisotopic (exact) mass is 401 g/mol. The molecule has 1 aromatic carbocycles. The van der Waals surface area contributed by atoms with Crippen LogP contribution in [-0.2, 0) is 14.3 Å². The largest absolute Gasteiger partial charge is 0.478 e. The zero-order valence-electron chi connectivity index (χ0n) is 14.7. The van der Waals surface area contributed by atoms with Gasteiger partial charge in [-0.15, -0.1) is 0 Å². The number of thioether (sulfide) groups is 1. The van der Waals surface area contributed by atoms with Gasteiger partial charge in [0.05, 0.1) is 17.1 Å². The second-order valence-corrected chi connectivity index (χ2v) is 6.65. The third kappa shape index (κ3) is 4.15. The summed E-state index contributed by atoms with van der Waals surface area (Å²) < 4.78 is 10.4. The van der Waals surface area contributed by atoms with E-state index in [-0.39, 0.29) is 17.1 Å². The Labute approximate surface area is 163 Å². The number of hydrogen-bond donors (Lipinski definition) is 1. The summed E-state index contributed by atoms with van der Waals surface area (Å²) in [6, 6.07) is 9.47. The Morgan fingerprint density at radius 1 is 1.25 bits per heavy atom. The third-order valence-corrected chi connectivity index (χ3v) is 4.67. The quantitative estimate of drug-likeness (QED) is 0.580. The minimum absolute atomic E-state index is 0.120. The Morgan fingerprint density at radius 2 is 2.04 bits per heavy atom. The molecule has 2 heterocycles. The fourth-order valence-electron chi connectivity index (χ4n) is 2.49. The maximum atomic E-state index is 12.4. The zero-order valence-corrected chi connectivity index (χ0v) is 15.5. The van der Waals surface area contributed by atoms with Gasteiger partial charge in [-0.2, -0.15) is 0 Å². The molecular formula is C19H15NO7S. The molecule has 0 aliphatic carbocycles. The summed E-state index contributed by atoms with van der Waals surface area (Å²) in [7, 11) is 0. The van der Waals surface area contributed by atoms with Crippen LogP contribution in [0.5, 0.6) is 0 Å². The fraction of sp³-hybridized carbons (Fsp3) is 0.158. The van der Waals surface area contributed by atoms with E-state index < -0.39 is 29.6 Å². The summed E-state index contributed by atoms with van der Waals surface area (Å²) in [6.45, 7) is 1.34. The highest BCUT2D eigenvalue weighted by Gasteiger charge is 2.36. The van der Waals surface area contributed by atoms with Crippen LogP contribution in [0.1, 0.15) is 23.0 Å². The van der Waals surface area contributed by atoms with E-state index in [0.717, 1.165) is 4.90 Å². The molecule has 0 unspecified atom stereocenters. The van der Waals surface area contributed by atoms with Gasteiger partial charge < -0.3 is 14.3 Å². The van der Waals surface area contributed by atoms with Crippen LogP contribution in [0, 0.1) is 0 Å². The van der Waals surface area contributed by atoms with Crippen LogP contribution in [0.15, 0.2) is 45.7 Å². The van der Waals surface area contributed by atoms with E-state index in [1.165, 1.54) is 18.2 Å². The first-order chi connectivity index (χ1) is 13.4. The summed E-state index contributed by atoms with van der Waals surface area (Å²) >= 11 is 0.701. The van der Waals surface area contributed by atoms with Gasteiger partial charge in [-0.25, -0.2) is 4.79 Å². The molecule has 2 amide bonds. The molecule has 9 heteroatoms. The molecule has 1 saturated heterocycles. The molecule has 0 saturated carbocycles. The first kappa shape index (κ1) is 19.4. The van der Waals surface area contributed by atoms with E-state index in [1.54, 1.807) is 31.2 Å². The van der Waals surface area contributed by atoms with Crippen LogP contribution in [0.2, 0.25) is 0 Å². The Kier molecular flexibility index (Phi) is 5.65. The number of carboxylic acids is 1. The van der Waals surface area contributed by atoms with Crippen molar-refractivity contribution in [2.24, 2.45) is 0 Å². The summed E-state index contributed by atoms with van der Waals surface area (Å²) in [4.78, 5) is 47.9. The molecule has 1 aliphatic heterocycles. The smallest absolute Gasteiger partial charge is 0.335 e. The van der Waals surface area contributed by atoms with Crippen LogP contribution in [-0.4, -0.2) is 46.2 Å². The van der Waals surface area contributed by atoms with Crippen LogP contribution < -0.4 is 0 Å². The molecule has 0 bridgehead atoms. The number of rotatable bonds is 6. The van der Waals surface area contributed by atoms with Crippen molar-refractivity contribution in [3.8, 4) is 11.3 Å². The summed E-state index contributed by atoms with van der Waals surface area (Å²) in [5, 5.41) is 8.51. The molecular weight excluding hydrogens is 386 g/mol. The lowest BCUT2D eigenvalue weighted by atomic mass is 10.1. The van der Waals surface area contributed by atoms with Crippen LogP contribution in [0.4, 0.5) is 4.79 Å². The lowest BCUT2D eigenvalue weighted by Crippen LogP contribution is -2.34. The molecule has 0 atom stereocenters. The Morgan fingerprint density at radius 3 is 2.75 bits per heavy atom. The number of furan rings is 1. The van der Waals surface area contributed by atoms with Gasteiger partial charge in [-0.1, -0.05) is 12.1 Å². The third-order valence-electron chi connectivity index (χ3n) is 3.76. The van der Waals surface area contributed by atoms with Gasteiger partial charge in [0, 0.05) is 11.6 Å². The number of hydrogen-bond acceptors (Lipinski definition) is 7. The molecule has 28 heavy (non-hydrogen) atoms. The maximum absolute atomic E-state index is 12.4. The molecule has 1 N–H and O–H groups in total. The SMILES string of the molecule is CCOC(=O)CN1C(=O)S/C(=C\c2ccc(-c3cccc(C(=O)O)c3)o2)C1=O. The number of nitrogens with zero attached hydrogens (tertiary/aromatic N) is 1. The minimum atomic E-state index is -1.05. The number of carbonyl (C=O) groups is 4. The van der Waals surface area contributed by atoms with Gasteiger partial charge in [0.15, 0.2) is 0 Å². The normalized spacial score (nSPS) is 15.3. The van der Waals surface area contributed by atoms with Crippen LogP contribution in [0.25, 0.3) is 17.4 Å². The number of esters is 1. The summed E-state index contributed by atoms with van der Waals surface area (Å²) in [6.07, 6.45) is 1.40. The Hall–Kier alpha value is -3.33. The van der Waals surface area contributed by atoms with E-state index >= 15 is 0 Å². The van der Waals surface area contributed by atoms with Crippen molar-refractivity contribution in [3.05, 3.63) is 52.6 Å². The van der Waals surface area contributed by atoms with Crippen molar-refractivity contribution < 1.29 is 33.4 Å². The van der Waals surface area contributed by atoms with Gasteiger partial charge in [0.2, 0.25) is 0 Å². The number of benzene rings is 1. The number of carbonyl (C=O) groups excluding carboxylic acids is 3. The molecule has 8 nitrogen and oxygen atoms in total. The molecule has 3 rings (SSSR count). The lowest BCUT2D eigenvalue weighted by Gasteiger charge is -2.10. The van der Waals surface area contributed by atoms with E-state index in [4.69, 9.17) is 14.3 Å². The van der Waals surface area contributed by atoms with Gasteiger partial charge in [0.25, 0.3) is 11.1 Å². The van der Waals surface area contributed by atoms with Gasteiger partial charge in [-0.05, 0) is 43.0 Å². The number of amides is 2. The number of carboxylic acid groups (broad SMARTS) is 1. The molecule has 1 aromatic heterocycles. The first-order valence-electron chi connectivity index (χ1n) is 8.23. The molecule has 1 fully saturated rings. The molecule has 2 aromatic rings. The minimum Gasteiger partial charge on any atom is -0.478 e. The summed E-state index contributed by atoms with van der Waals surface area (Å²) in [5.74, 6) is -1.58. The average molecular weight is 401 g/mol. The lowest BCUT2D eigenvalue weighted by molar-refractivity contribution is -0.145. The van der Waals surface area contributed by atoms with E-state index in [0.29, 0.717) is 28.8 Å². The van der Waals surface area contributed by atoms with Crippen molar-refractivity contribution in [1.29, 1.82) is 0 Å². The van der Waals surface area contributed by atoms with Gasteiger partial charge >= 0.3 is 11.9 Å². The predicted molar refractivity (Wildman–Crippen MR) is 100 cm³/mol. The van der Waals surface area contributed by atoms with Crippen molar-refractivity contribution in [1.82, 2.24) is 4.90 Å². The fourth-order valence-corrected chi connectivity index (χ4v) is 3.31. The van der Waals surface area contributed by atoms with Crippen LogP contribution in [0.3, 0.4) is 0 Å². The van der Waals surface area contributed by atoms with E-state index in [2.05, 4.69) is 0 Å². The second-order valence-electron chi connectivity index (χ2n) is 5.66. The first-order valence-corrected chi connectivity index (χ1v) is 9.05. The zero-order chi connectivity index (χ0) is 20.3. The van der Waals surface area contributed by atoms with E-state index in [9.17, 15) is 19.2 Å². The molecule has 144 valence electrons. The average Bonchev–Trinajstić information content (AvgIpc) is 3.23. The van der Waals surface area contributed by atoms with Gasteiger partial charge in [0.1, 0.15) is 18.1 Å². The Bertz CT molecular complexity index is 992. The number of aromatic carboxylic acids is 1.